The van der Waals surface area contributed by atoms with Crippen LogP contribution >= 0.6 is 0 Å². The molecule has 3 amide bonds. The van der Waals surface area contributed by atoms with Gasteiger partial charge in [-0.1, -0.05) is 0 Å². The number of aliphatic hydroxyl groups is 1. The number of rotatable bonds is 7. The predicted octanol–water partition coefficient (Wildman–Crippen LogP) is 1.88. The number of halogens is 1. The van der Waals surface area contributed by atoms with Crippen molar-refractivity contribution in [2.24, 2.45) is 0 Å². The minimum atomic E-state index is -1.01. The molecule has 0 radical (unpaired) electrons. The number of aromatic amines is 1. The molecule has 5 N–H and O–H groups in total. The Morgan fingerprint density at radius 2 is 2.00 bits per heavy atom. The fraction of sp³-hybridized carbons (Fsp3) is 0.318. The number of amides is 3. The molecule has 8 nitrogen and oxygen atoms in total. The van der Waals surface area contributed by atoms with E-state index >= 15 is 0 Å². The summed E-state index contributed by atoms with van der Waals surface area (Å²) in [6, 6.07) is 4.06. The van der Waals surface area contributed by atoms with E-state index in [2.05, 4.69) is 20.9 Å². The van der Waals surface area contributed by atoms with Crippen molar-refractivity contribution in [3.63, 3.8) is 0 Å². The second kappa shape index (κ2) is 9.13. The highest BCUT2D eigenvalue weighted by Crippen LogP contribution is 2.34. The summed E-state index contributed by atoms with van der Waals surface area (Å²) in [5.74, 6) is -1.51. The Balaban J connectivity index is 1.78. The van der Waals surface area contributed by atoms with Gasteiger partial charge in [0.1, 0.15) is 5.82 Å². The van der Waals surface area contributed by atoms with E-state index in [1.165, 1.54) is 18.2 Å². The van der Waals surface area contributed by atoms with Gasteiger partial charge in [-0.2, -0.15) is 0 Å². The number of benzene rings is 1. The molecular formula is C22H25FN4O4. The molecule has 2 heterocycles. The minimum Gasteiger partial charge on any atom is -0.391 e. The van der Waals surface area contributed by atoms with Crippen LogP contribution in [0, 0.1) is 19.7 Å². The summed E-state index contributed by atoms with van der Waals surface area (Å²) in [5, 5.41) is 17.9. The lowest BCUT2D eigenvalue weighted by atomic mass is 10.0. The molecule has 0 spiro atoms. The molecule has 0 aliphatic carbocycles. The topological polar surface area (TPSA) is 123 Å². The van der Waals surface area contributed by atoms with Gasteiger partial charge in [0.15, 0.2) is 0 Å². The van der Waals surface area contributed by atoms with Gasteiger partial charge in [-0.3, -0.25) is 14.4 Å². The average Bonchev–Trinajstić information content (AvgIpc) is 3.15. The summed E-state index contributed by atoms with van der Waals surface area (Å²) in [7, 11) is 0. The summed E-state index contributed by atoms with van der Waals surface area (Å²) in [5.41, 5.74) is 3.40. The number of nitrogens with one attached hydrogen (secondary N) is 4. The third-order valence-electron chi connectivity index (χ3n) is 5.05. The number of hydrogen-bond acceptors (Lipinski definition) is 4. The lowest BCUT2D eigenvalue weighted by Crippen LogP contribution is -2.36. The molecule has 0 saturated carbocycles. The Kier molecular flexibility index (Phi) is 6.55. The SMILES string of the molecule is CCNC(=O)CC(O)CNC(=O)c1c(C)[nH]c(/C=C2\C(=O)Nc3ccc(F)cc32)c1C. The quantitative estimate of drug-likeness (QED) is 0.432. The Morgan fingerprint density at radius 1 is 1.26 bits per heavy atom. The molecule has 1 aliphatic heterocycles. The number of aliphatic hydroxyl groups excluding tert-OH is 1. The van der Waals surface area contributed by atoms with E-state index in [9.17, 15) is 23.9 Å². The molecule has 1 unspecified atom stereocenters. The monoisotopic (exact) mass is 428 g/mol. The van der Waals surface area contributed by atoms with E-state index in [1.54, 1.807) is 26.8 Å². The normalized spacial score (nSPS) is 14.9. The van der Waals surface area contributed by atoms with E-state index in [4.69, 9.17) is 0 Å². The van der Waals surface area contributed by atoms with Crippen LogP contribution in [0.4, 0.5) is 10.1 Å². The molecule has 1 atom stereocenters. The van der Waals surface area contributed by atoms with E-state index in [0.717, 1.165) is 0 Å². The second-order valence-corrected chi connectivity index (χ2v) is 7.39. The second-order valence-electron chi connectivity index (χ2n) is 7.39. The summed E-state index contributed by atoms with van der Waals surface area (Å²) in [4.78, 5) is 39.6. The Labute approximate surface area is 178 Å². The molecule has 31 heavy (non-hydrogen) atoms. The van der Waals surface area contributed by atoms with Crippen molar-refractivity contribution in [3.05, 3.63) is 52.1 Å². The smallest absolute Gasteiger partial charge is 0.256 e. The van der Waals surface area contributed by atoms with Crippen molar-refractivity contribution in [2.75, 3.05) is 18.4 Å². The number of hydrogen-bond donors (Lipinski definition) is 5. The summed E-state index contributed by atoms with van der Waals surface area (Å²) >= 11 is 0. The Morgan fingerprint density at radius 3 is 2.71 bits per heavy atom. The molecule has 0 fully saturated rings. The molecule has 1 aliphatic rings. The third kappa shape index (κ3) is 4.83. The highest BCUT2D eigenvalue weighted by Gasteiger charge is 2.26. The van der Waals surface area contributed by atoms with Crippen LogP contribution in [-0.4, -0.2) is 47.0 Å². The molecule has 164 valence electrons. The van der Waals surface area contributed by atoms with Crippen LogP contribution in [0.25, 0.3) is 11.6 Å². The number of anilines is 1. The van der Waals surface area contributed by atoms with Gasteiger partial charge in [-0.25, -0.2) is 4.39 Å². The fourth-order valence-electron chi connectivity index (χ4n) is 3.56. The van der Waals surface area contributed by atoms with Crippen LogP contribution < -0.4 is 16.0 Å². The number of carbonyl (C=O) groups excluding carboxylic acids is 3. The van der Waals surface area contributed by atoms with Crippen molar-refractivity contribution in [3.8, 4) is 0 Å². The number of aryl methyl sites for hydroxylation is 1. The number of carbonyl (C=O) groups is 3. The molecule has 0 bridgehead atoms. The number of fused-ring (bicyclic) bond motifs is 1. The predicted molar refractivity (Wildman–Crippen MR) is 115 cm³/mol. The average molecular weight is 428 g/mol. The highest BCUT2D eigenvalue weighted by molar-refractivity contribution is 6.34. The first-order valence-electron chi connectivity index (χ1n) is 9.96. The van der Waals surface area contributed by atoms with Gasteiger partial charge in [0.05, 0.1) is 23.7 Å². The first kappa shape index (κ1) is 22.2. The van der Waals surface area contributed by atoms with Gasteiger partial charge in [-0.05, 0) is 50.6 Å². The zero-order valence-corrected chi connectivity index (χ0v) is 17.6. The third-order valence-corrected chi connectivity index (χ3v) is 5.05. The zero-order chi connectivity index (χ0) is 22.7. The molecule has 1 aromatic carbocycles. The summed E-state index contributed by atoms with van der Waals surface area (Å²) in [6.07, 6.45) is 0.468. The summed E-state index contributed by atoms with van der Waals surface area (Å²) in [6.45, 7) is 5.62. The number of H-pyrrole nitrogens is 1. The van der Waals surface area contributed by atoms with Gasteiger partial charge >= 0.3 is 0 Å². The maximum atomic E-state index is 13.7. The molecular weight excluding hydrogens is 403 g/mol. The van der Waals surface area contributed by atoms with E-state index < -0.39 is 17.8 Å². The minimum absolute atomic E-state index is 0.0779. The van der Waals surface area contributed by atoms with Crippen LogP contribution in [0.2, 0.25) is 0 Å². The highest BCUT2D eigenvalue weighted by atomic mass is 19.1. The van der Waals surface area contributed by atoms with E-state index in [-0.39, 0.29) is 24.8 Å². The standard InChI is InChI=1S/C22H25FN4O4/c1-4-24-19(29)8-14(28)10-25-22(31)20-11(2)18(26-12(20)3)9-16-15-7-13(23)5-6-17(15)27-21(16)30/h5-7,9,14,26,28H,4,8,10H2,1-3H3,(H,24,29)(H,25,31)(H,27,30)/b16-9-. The maximum absolute atomic E-state index is 13.7. The van der Waals surface area contributed by atoms with Crippen LogP contribution in [0.5, 0.6) is 0 Å². The van der Waals surface area contributed by atoms with Crippen molar-refractivity contribution in [1.29, 1.82) is 0 Å². The summed E-state index contributed by atoms with van der Waals surface area (Å²) < 4.78 is 13.7. The van der Waals surface area contributed by atoms with Crippen molar-refractivity contribution in [1.82, 2.24) is 15.6 Å². The van der Waals surface area contributed by atoms with Crippen LogP contribution in [0.1, 0.15) is 46.2 Å². The van der Waals surface area contributed by atoms with Gasteiger partial charge in [0, 0.05) is 35.7 Å². The van der Waals surface area contributed by atoms with E-state index in [0.29, 0.717) is 45.9 Å². The van der Waals surface area contributed by atoms with Gasteiger partial charge in [-0.15, -0.1) is 0 Å². The Bertz CT molecular complexity index is 1070. The Hall–Kier alpha value is -3.46. The fourth-order valence-corrected chi connectivity index (χ4v) is 3.56. The van der Waals surface area contributed by atoms with Gasteiger partial charge in [0.2, 0.25) is 5.91 Å². The molecule has 1 aromatic heterocycles. The molecule has 9 heteroatoms. The largest absolute Gasteiger partial charge is 0.391 e. The van der Waals surface area contributed by atoms with Crippen molar-refractivity contribution >= 4 is 35.1 Å². The first-order chi connectivity index (χ1) is 14.7. The van der Waals surface area contributed by atoms with Crippen molar-refractivity contribution in [2.45, 2.75) is 33.3 Å². The maximum Gasteiger partial charge on any atom is 0.256 e. The molecule has 3 rings (SSSR count). The molecule has 0 saturated heterocycles. The lowest BCUT2D eigenvalue weighted by Gasteiger charge is -2.12. The van der Waals surface area contributed by atoms with E-state index in [1.807, 2.05) is 0 Å². The van der Waals surface area contributed by atoms with Gasteiger partial charge in [0.25, 0.3) is 11.8 Å². The van der Waals surface area contributed by atoms with Crippen molar-refractivity contribution < 1.29 is 23.9 Å². The first-order valence-corrected chi connectivity index (χ1v) is 9.96. The van der Waals surface area contributed by atoms with Crippen LogP contribution in [0.15, 0.2) is 18.2 Å². The zero-order valence-electron chi connectivity index (χ0n) is 17.6. The van der Waals surface area contributed by atoms with Gasteiger partial charge < -0.3 is 26.0 Å². The van der Waals surface area contributed by atoms with Crippen LogP contribution in [0.3, 0.4) is 0 Å². The van der Waals surface area contributed by atoms with Crippen LogP contribution in [-0.2, 0) is 9.59 Å². The lowest BCUT2D eigenvalue weighted by molar-refractivity contribution is -0.122. The molecule has 2 aromatic rings. The number of aromatic nitrogens is 1.